The van der Waals surface area contributed by atoms with Crippen molar-refractivity contribution in [3.8, 4) is 0 Å². The quantitative estimate of drug-likeness (QED) is 0.745. The molecule has 1 aromatic carbocycles. The van der Waals surface area contributed by atoms with Gasteiger partial charge in [-0.05, 0) is 25.1 Å². The van der Waals surface area contributed by atoms with Crippen molar-refractivity contribution in [2.45, 2.75) is 20.4 Å². The maximum atomic E-state index is 12.1. The second kappa shape index (κ2) is 6.11. The van der Waals surface area contributed by atoms with Crippen LogP contribution in [0.1, 0.15) is 12.7 Å². The number of aromatic nitrogens is 5. The fraction of sp³-hybridized carbons (Fsp3) is 0.267. The van der Waals surface area contributed by atoms with Gasteiger partial charge in [0.05, 0.1) is 17.2 Å². The summed E-state index contributed by atoms with van der Waals surface area (Å²) < 4.78 is 1.98. The minimum Gasteiger partial charge on any atom is -0.331 e. The first-order valence-corrected chi connectivity index (χ1v) is 7.33. The summed E-state index contributed by atoms with van der Waals surface area (Å²) in [6.45, 7) is 3.24. The van der Waals surface area contributed by atoms with Gasteiger partial charge in [0.25, 0.3) is 0 Å². The SMILES string of the molecule is CC(=O)Nc1cnn(CC(=O)Nc2ccc3c(c2)nc(C)n3C)n1. The fourth-order valence-electron chi connectivity index (χ4n) is 2.34. The van der Waals surface area contributed by atoms with Gasteiger partial charge < -0.3 is 15.2 Å². The van der Waals surface area contributed by atoms with E-state index in [1.54, 1.807) is 0 Å². The zero-order chi connectivity index (χ0) is 17.3. The van der Waals surface area contributed by atoms with E-state index in [2.05, 4.69) is 25.8 Å². The number of carbonyl (C=O) groups is 2. The molecule has 0 saturated carbocycles. The Kier molecular flexibility index (Phi) is 3.98. The first-order valence-electron chi connectivity index (χ1n) is 7.33. The molecule has 0 atom stereocenters. The van der Waals surface area contributed by atoms with Crippen molar-refractivity contribution in [1.29, 1.82) is 0 Å². The highest BCUT2D eigenvalue weighted by molar-refractivity contribution is 5.93. The second-order valence-corrected chi connectivity index (χ2v) is 5.41. The smallest absolute Gasteiger partial charge is 0.247 e. The van der Waals surface area contributed by atoms with Gasteiger partial charge >= 0.3 is 0 Å². The van der Waals surface area contributed by atoms with Crippen LogP contribution in [0.2, 0.25) is 0 Å². The summed E-state index contributed by atoms with van der Waals surface area (Å²) in [7, 11) is 1.94. The Morgan fingerprint density at radius 1 is 1.25 bits per heavy atom. The summed E-state index contributed by atoms with van der Waals surface area (Å²) in [5, 5.41) is 13.2. The minimum atomic E-state index is -0.271. The zero-order valence-electron chi connectivity index (χ0n) is 13.6. The predicted molar refractivity (Wildman–Crippen MR) is 88.4 cm³/mol. The molecular weight excluding hydrogens is 310 g/mol. The van der Waals surface area contributed by atoms with Gasteiger partial charge in [0.1, 0.15) is 12.4 Å². The third-order valence-electron chi connectivity index (χ3n) is 3.51. The average Bonchev–Trinajstić information content (AvgIpc) is 3.03. The van der Waals surface area contributed by atoms with Crippen LogP contribution in [0.5, 0.6) is 0 Å². The van der Waals surface area contributed by atoms with Crippen LogP contribution in [0.15, 0.2) is 24.4 Å². The normalized spacial score (nSPS) is 10.8. The van der Waals surface area contributed by atoms with Crippen molar-refractivity contribution in [3.63, 3.8) is 0 Å². The van der Waals surface area contributed by atoms with Crippen LogP contribution >= 0.6 is 0 Å². The molecule has 3 aromatic rings. The summed E-state index contributed by atoms with van der Waals surface area (Å²) in [6, 6.07) is 5.55. The predicted octanol–water partition coefficient (Wildman–Crippen LogP) is 1.07. The van der Waals surface area contributed by atoms with Crippen LogP contribution in [0.4, 0.5) is 11.5 Å². The lowest BCUT2D eigenvalue weighted by Gasteiger charge is -2.05. The van der Waals surface area contributed by atoms with Crippen LogP contribution in [0, 0.1) is 6.92 Å². The molecule has 0 aliphatic carbocycles. The van der Waals surface area contributed by atoms with E-state index >= 15 is 0 Å². The summed E-state index contributed by atoms with van der Waals surface area (Å²) in [5.41, 5.74) is 2.47. The number of benzene rings is 1. The monoisotopic (exact) mass is 327 g/mol. The van der Waals surface area contributed by atoms with Crippen LogP contribution in [0.25, 0.3) is 11.0 Å². The van der Waals surface area contributed by atoms with E-state index < -0.39 is 0 Å². The standard InChI is InChI=1S/C15H17N7O2/c1-9-17-12-6-11(4-5-13(12)21(9)3)19-15(24)8-22-16-7-14(20-22)18-10(2)23/h4-7H,8H2,1-3H3,(H,19,24)(H,18,20,23). The number of rotatable bonds is 4. The van der Waals surface area contributed by atoms with E-state index in [-0.39, 0.29) is 18.4 Å². The lowest BCUT2D eigenvalue weighted by atomic mass is 10.2. The van der Waals surface area contributed by atoms with E-state index in [4.69, 9.17) is 0 Å². The van der Waals surface area contributed by atoms with Crippen molar-refractivity contribution in [1.82, 2.24) is 24.5 Å². The molecular formula is C15H17N7O2. The molecule has 124 valence electrons. The number of fused-ring (bicyclic) bond motifs is 1. The number of anilines is 2. The second-order valence-electron chi connectivity index (χ2n) is 5.41. The number of amides is 2. The summed E-state index contributed by atoms with van der Waals surface area (Å²) in [4.78, 5) is 28.7. The van der Waals surface area contributed by atoms with Gasteiger partial charge in [-0.3, -0.25) is 9.59 Å². The molecule has 0 radical (unpaired) electrons. The van der Waals surface area contributed by atoms with Crippen molar-refractivity contribution >= 4 is 34.4 Å². The molecule has 9 nitrogen and oxygen atoms in total. The Hall–Kier alpha value is -3.23. The molecule has 2 heterocycles. The molecule has 0 aliphatic rings. The highest BCUT2D eigenvalue weighted by Crippen LogP contribution is 2.19. The summed E-state index contributed by atoms with van der Waals surface area (Å²) in [5.74, 6) is 0.692. The van der Waals surface area contributed by atoms with Gasteiger partial charge in [-0.1, -0.05) is 0 Å². The molecule has 0 aliphatic heterocycles. The van der Waals surface area contributed by atoms with Crippen molar-refractivity contribution in [3.05, 3.63) is 30.2 Å². The largest absolute Gasteiger partial charge is 0.331 e. The topological polar surface area (TPSA) is 107 Å². The highest BCUT2D eigenvalue weighted by Gasteiger charge is 2.09. The molecule has 2 aromatic heterocycles. The van der Waals surface area contributed by atoms with E-state index in [1.165, 1.54) is 17.9 Å². The number of hydrogen-bond acceptors (Lipinski definition) is 5. The van der Waals surface area contributed by atoms with Gasteiger partial charge in [0, 0.05) is 19.7 Å². The number of carbonyl (C=O) groups excluding carboxylic acids is 2. The first kappa shape index (κ1) is 15.7. The van der Waals surface area contributed by atoms with Gasteiger partial charge in [0.2, 0.25) is 11.8 Å². The molecule has 0 bridgehead atoms. The number of hydrogen-bond donors (Lipinski definition) is 2. The minimum absolute atomic E-state index is 0.0567. The van der Waals surface area contributed by atoms with Gasteiger partial charge in [0.15, 0.2) is 5.82 Å². The molecule has 3 rings (SSSR count). The molecule has 9 heteroatoms. The molecule has 24 heavy (non-hydrogen) atoms. The Morgan fingerprint density at radius 2 is 2.04 bits per heavy atom. The first-order chi connectivity index (χ1) is 11.4. The summed E-state index contributed by atoms with van der Waals surface area (Å²) >= 11 is 0. The van der Waals surface area contributed by atoms with Crippen molar-refractivity contribution in [2.24, 2.45) is 7.05 Å². The number of imidazole rings is 1. The van der Waals surface area contributed by atoms with Crippen LogP contribution < -0.4 is 10.6 Å². The van der Waals surface area contributed by atoms with Gasteiger partial charge in [-0.25, -0.2) is 4.98 Å². The molecule has 0 saturated heterocycles. The molecule has 0 spiro atoms. The number of nitrogens with zero attached hydrogens (tertiary/aromatic N) is 5. The van der Waals surface area contributed by atoms with E-state index in [0.717, 1.165) is 16.9 Å². The average molecular weight is 327 g/mol. The van der Waals surface area contributed by atoms with Crippen LogP contribution in [0.3, 0.4) is 0 Å². The maximum Gasteiger partial charge on any atom is 0.247 e. The van der Waals surface area contributed by atoms with Crippen molar-refractivity contribution in [2.75, 3.05) is 10.6 Å². The Balaban J connectivity index is 1.68. The maximum absolute atomic E-state index is 12.1. The lowest BCUT2D eigenvalue weighted by molar-refractivity contribution is -0.117. The molecule has 2 N–H and O–H groups in total. The molecule has 2 amide bonds. The number of aryl methyl sites for hydroxylation is 2. The van der Waals surface area contributed by atoms with Crippen molar-refractivity contribution < 1.29 is 9.59 Å². The lowest BCUT2D eigenvalue weighted by Crippen LogP contribution is -2.20. The summed E-state index contributed by atoms with van der Waals surface area (Å²) in [6.07, 6.45) is 1.39. The van der Waals surface area contributed by atoms with E-state index in [9.17, 15) is 9.59 Å². The Bertz CT molecular complexity index is 925. The highest BCUT2D eigenvalue weighted by atomic mass is 16.2. The van der Waals surface area contributed by atoms with Crippen LogP contribution in [-0.2, 0) is 23.2 Å². The third kappa shape index (κ3) is 3.24. The van der Waals surface area contributed by atoms with Gasteiger partial charge in [-0.15, -0.1) is 5.10 Å². The number of nitrogens with one attached hydrogen (secondary N) is 2. The van der Waals surface area contributed by atoms with Crippen LogP contribution in [-0.4, -0.2) is 36.4 Å². The Labute approximate surface area is 137 Å². The van der Waals surface area contributed by atoms with E-state index in [0.29, 0.717) is 11.5 Å². The third-order valence-corrected chi connectivity index (χ3v) is 3.51. The van der Waals surface area contributed by atoms with Gasteiger partial charge in [-0.2, -0.15) is 9.90 Å². The molecule has 0 fully saturated rings. The Morgan fingerprint density at radius 3 is 2.79 bits per heavy atom. The fourth-order valence-corrected chi connectivity index (χ4v) is 2.34. The van der Waals surface area contributed by atoms with E-state index in [1.807, 2.05) is 36.7 Å². The molecule has 0 unspecified atom stereocenters. The zero-order valence-corrected chi connectivity index (χ0v) is 13.6.